The van der Waals surface area contributed by atoms with Crippen molar-refractivity contribution in [3.63, 3.8) is 0 Å². The average Bonchev–Trinajstić information content (AvgIpc) is 3.20. The fraction of sp³-hybridized carbons (Fsp3) is 0.217. The van der Waals surface area contributed by atoms with Gasteiger partial charge in [0.2, 0.25) is 0 Å². The smallest absolute Gasteiger partial charge is 0.334 e. The molecule has 0 aliphatic rings. The Bertz CT molecular complexity index is 985. The Morgan fingerprint density at radius 2 is 1.61 bits per heavy atom. The highest BCUT2D eigenvalue weighted by Gasteiger charge is 2.42. The van der Waals surface area contributed by atoms with Gasteiger partial charge in [-0.2, -0.15) is 0 Å². The van der Waals surface area contributed by atoms with Crippen LogP contribution in [0.3, 0.4) is 0 Å². The maximum absolute atomic E-state index is 13.1. The molecule has 0 aliphatic heterocycles. The third kappa shape index (κ3) is 3.43. The lowest BCUT2D eigenvalue weighted by molar-refractivity contribution is -0.148. The fourth-order valence-electron chi connectivity index (χ4n) is 3.36. The molecule has 1 aromatic heterocycles. The van der Waals surface area contributed by atoms with E-state index in [-0.39, 0.29) is 5.91 Å². The molecule has 0 bridgehead atoms. The monoisotopic (exact) mass is 377 g/mol. The van der Waals surface area contributed by atoms with E-state index < -0.39 is 11.5 Å². The second-order valence-electron chi connectivity index (χ2n) is 7.17. The summed E-state index contributed by atoms with van der Waals surface area (Å²) in [6.45, 7) is 5.36. The number of hydrogen-bond acceptors (Lipinski definition) is 3. The number of furan rings is 1. The number of aliphatic carboxylic acids is 1. The van der Waals surface area contributed by atoms with Crippen LogP contribution in [-0.4, -0.2) is 28.9 Å². The molecule has 0 spiro atoms. The van der Waals surface area contributed by atoms with Gasteiger partial charge in [-0.25, -0.2) is 4.79 Å². The Kier molecular flexibility index (Phi) is 5.10. The van der Waals surface area contributed by atoms with E-state index >= 15 is 0 Å². The number of carbonyl (C=O) groups excluding carboxylic acids is 1. The number of benzene rings is 2. The van der Waals surface area contributed by atoms with Crippen molar-refractivity contribution in [3.8, 4) is 11.3 Å². The molecule has 2 aromatic carbocycles. The van der Waals surface area contributed by atoms with Crippen molar-refractivity contribution >= 4 is 11.9 Å². The van der Waals surface area contributed by atoms with Gasteiger partial charge in [0, 0.05) is 18.2 Å². The summed E-state index contributed by atoms with van der Waals surface area (Å²) in [5.41, 5.74) is 2.21. The Hall–Kier alpha value is -3.34. The molecular weight excluding hydrogens is 354 g/mol. The standard InChI is InChI=1S/C23H23NO4/c1-15-12-16(2)14-18(13-15)21(25)24(4)23(3,22(26)27)19-9-7-17(8-10-19)20-6-5-11-28-20/h5-14H,1-4H3,(H,26,27)/t23-/m1/s1. The summed E-state index contributed by atoms with van der Waals surface area (Å²) >= 11 is 0. The van der Waals surface area contributed by atoms with Crippen LogP contribution in [0.25, 0.3) is 11.3 Å². The number of likely N-dealkylation sites (N-methyl/N-ethyl adjacent to an activating group) is 1. The first-order valence-corrected chi connectivity index (χ1v) is 8.97. The predicted molar refractivity (Wildman–Crippen MR) is 107 cm³/mol. The maximum atomic E-state index is 13.1. The SMILES string of the molecule is Cc1cc(C)cc(C(=O)N(C)[C@@](C)(C(=O)O)c2ccc(-c3ccco3)cc2)c1. The molecule has 1 N–H and O–H groups in total. The van der Waals surface area contributed by atoms with Gasteiger partial charge in [0.1, 0.15) is 5.76 Å². The first kappa shape index (κ1) is 19.4. The summed E-state index contributed by atoms with van der Waals surface area (Å²) in [5, 5.41) is 10.0. The molecule has 1 heterocycles. The van der Waals surface area contributed by atoms with E-state index in [2.05, 4.69) is 0 Å². The Morgan fingerprint density at radius 3 is 2.11 bits per heavy atom. The third-order valence-electron chi connectivity index (χ3n) is 5.11. The third-order valence-corrected chi connectivity index (χ3v) is 5.11. The molecule has 28 heavy (non-hydrogen) atoms. The zero-order valence-electron chi connectivity index (χ0n) is 16.4. The molecule has 5 nitrogen and oxygen atoms in total. The van der Waals surface area contributed by atoms with Crippen LogP contribution in [0.1, 0.15) is 34.0 Å². The fourth-order valence-corrected chi connectivity index (χ4v) is 3.36. The van der Waals surface area contributed by atoms with E-state index in [1.165, 1.54) is 18.9 Å². The Balaban J connectivity index is 1.98. The zero-order valence-corrected chi connectivity index (χ0v) is 16.4. The summed E-state index contributed by atoms with van der Waals surface area (Å²) in [5.74, 6) is -0.742. The summed E-state index contributed by atoms with van der Waals surface area (Å²) in [6.07, 6.45) is 1.58. The van der Waals surface area contributed by atoms with Crippen LogP contribution in [-0.2, 0) is 10.3 Å². The van der Waals surface area contributed by atoms with Gasteiger partial charge in [-0.1, -0.05) is 41.5 Å². The zero-order chi connectivity index (χ0) is 20.5. The topological polar surface area (TPSA) is 70.8 Å². The van der Waals surface area contributed by atoms with Crippen LogP contribution in [0.4, 0.5) is 0 Å². The second kappa shape index (κ2) is 7.35. The molecule has 3 aromatic rings. The van der Waals surface area contributed by atoms with Crippen LogP contribution in [0.15, 0.2) is 65.3 Å². The van der Waals surface area contributed by atoms with E-state index in [0.717, 1.165) is 16.7 Å². The van der Waals surface area contributed by atoms with Crippen molar-refractivity contribution in [2.45, 2.75) is 26.3 Å². The van der Waals surface area contributed by atoms with Crippen molar-refractivity contribution < 1.29 is 19.1 Å². The molecule has 0 radical (unpaired) electrons. The molecule has 144 valence electrons. The van der Waals surface area contributed by atoms with Crippen LogP contribution in [0.5, 0.6) is 0 Å². The normalized spacial score (nSPS) is 13.0. The summed E-state index contributed by atoms with van der Waals surface area (Å²) in [7, 11) is 1.52. The van der Waals surface area contributed by atoms with Crippen LogP contribution < -0.4 is 0 Å². The number of carbonyl (C=O) groups is 2. The van der Waals surface area contributed by atoms with Crippen LogP contribution in [0, 0.1) is 13.8 Å². The molecule has 0 saturated heterocycles. The van der Waals surface area contributed by atoms with Gasteiger partial charge in [0.25, 0.3) is 5.91 Å². The van der Waals surface area contributed by atoms with Gasteiger partial charge < -0.3 is 14.4 Å². The lowest BCUT2D eigenvalue weighted by Crippen LogP contribution is -2.50. The van der Waals surface area contributed by atoms with E-state index in [9.17, 15) is 14.7 Å². The van der Waals surface area contributed by atoms with Crippen molar-refractivity contribution in [1.29, 1.82) is 0 Å². The van der Waals surface area contributed by atoms with E-state index in [4.69, 9.17) is 4.42 Å². The van der Waals surface area contributed by atoms with Gasteiger partial charge in [0.05, 0.1) is 6.26 Å². The number of carboxylic acid groups (broad SMARTS) is 1. The average molecular weight is 377 g/mol. The largest absolute Gasteiger partial charge is 0.479 e. The first-order valence-electron chi connectivity index (χ1n) is 8.97. The molecule has 3 rings (SSSR count). The quantitative estimate of drug-likeness (QED) is 0.703. The van der Waals surface area contributed by atoms with Crippen molar-refractivity contribution in [3.05, 3.63) is 83.1 Å². The van der Waals surface area contributed by atoms with Gasteiger partial charge in [0.15, 0.2) is 5.54 Å². The highest BCUT2D eigenvalue weighted by Crippen LogP contribution is 2.31. The molecule has 0 unspecified atom stereocenters. The minimum Gasteiger partial charge on any atom is -0.479 e. The lowest BCUT2D eigenvalue weighted by Gasteiger charge is -2.35. The molecule has 0 fully saturated rings. The Labute approximate surface area is 164 Å². The molecule has 1 atom stereocenters. The molecular formula is C23H23NO4. The lowest BCUT2D eigenvalue weighted by atomic mass is 9.88. The summed E-state index contributed by atoms with van der Waals surface area (Å²) in [6, 6.07) is 16.2. The van der Waals surface area contributed by atoms with Gasteiger partial charge in [-0.15, -0.1) is 0 Å². The van der Waals surface area contributed by atoms with Gasteiger partial charge >= 0.3 is 5.97 Å². The van der Waals surface area contributed by atoms with Crippen molar-refractivity contribution in [2.24, 2.45) is 0 Å². The number of aryl methyl sites for hydroxylation is 2. The number of hydrogen-bond donors (Lipinski definition) is 1. The molecule has 5 heteroatoms. The van der Waals surface area contributed by atoms with E-state index in [0.29, 0.717) is 16.9 Å². The number of amides is 1. The van der Waals surface area contributed by atoms with Gasteiger partial charge in [-0.05, 0) is 50.6 Å². The highest BCUT2D eigenvalue weighted by atomic mass is 16.4. The predicted octanol–water partition coefficient (Wildman–Crippen LogP) is 4.64. The van der Waals surface area contributed by atoms with E-state index in [1.54, 1.807) is 48.7 Å². The molecule has 0 aliphatic carbocycles. The minimum absolute atomic E-state index is 0.341. The van der Waals surface area contributed by atoms with Gasteiger partial charge in [-0.3, -0.25) is 4.79 Å². The number of carboxylic acids is 1. The minimum atomic E-state index is -1.52. The van der Waals surface area contributed by atoms with Crippen LogP contribution >= 0.6 is 0 Å². The van der Waals surface area contributed by atoms with Crippen molar-refractivity contribution in [2.75, 3.05) is 7.05 Å². The molecule has 1 amide bonds. The number of nitrogens with zero attached hydrogens (tertiary/aromatic N) is 1. The van der Waals surface area contributed by atoms with Crippen LogP contribution in [0.2, 0.25) is 0 Å². The first-order chi connectivity index (χ1) is 13.2. The molecule has 0 saturated carbocycles. The highest BCUT2D eigenvalue weighted by molar-refractivity contribution is 5.98. The Morgan fingerprint density at radius 1 is 1.00 bits per heavy atom. The van der Waals surface area contributed by atoms with Crippen molar-refractivity contribution in [1.82, 2.24) is 4.90 Å². The van der Waals surface area contributed by atoms with E-state index in [1.807, 2.05) is 26.0 Å². The second-order valence-corrected chi connectivity index (χ2v) is 7.17. The summed E-state index contributed by atoms with van der Waals surface area (Å²) in [4.78, 5) is 26.6. The number of rotatable bonds is 5. The summed E-state index contributed by atoms with van der Waals surface area (Å²) < 4.78 is 5.38. The maximum Gasteiger partial charge on any atom is 0.334 e.